The standard InChI is InChI=1S/C24H29NO6.C22H25NO6.Na.H2O/c1-5-30-23(26)14-31-22-11-16-8-9-25-13-18-15(6-7-20(27-2)24(18)29-4)10-19(25)17(16)12-21(22)28-3;1-26-18-5-4-13-8-17-15-10-19(27-2)20(29-12-21(24)25)9-14(15)6-7-23(17)11-16(13)22(18)28-3;;/h6-7,11-12,19H,5,8-10,13-14H2,1-4H3;4-5,9-10,17H,6-8,11-12H2,1-3H3,(H,24,25);;1H2/q;;+1;/p-1/t19-;17-;;/m11../s1. The van der Waals surface area contributed by atoms with E-state index in [-0.39, 0.29) is 66.3 Å². The number of benzene rings is 4. The van der Waals surface area contributed by atoms with Gasteiger partial charge in [-0.2, -0.15) is 0 Å². The van der Waals surface area contributed by atoms with Crippen molar-refractivity contribution < 1.29 is 92.4 Å². The Balaban J connectivity index is 0.000000227. The quantitative estimate of drug-likeness (QED) is 0.153. The Hall–Kier alpha value is -4.90. The Bertz CT molecular complexity index is 2230. The molecule has 16 heteroatoms. The Labute approximate surface area is 384 Å². The number of carbonyl (C=O) groups is 2. The van der Waals surface area contributed by atoms with Crippen molar-refractivity contribution in [2.45, 2.75) is 57.8 Å². The monoisotopic (exact) mass is 866 g/mol. The summed E-state index contributed by atoms with van der Waals surface area (Å²) in [5.41, 5.74) is 9.75. The molecule has 4 aliphatic rings. The van der Waals surface area contributed by atoms with Crippen LogP contribution in [0.3, 0.4) is 0 Å². The van der Waals surface area contributed by atoms with Crippen molar-refractivity contribution in [1.82, 2.24) is 9.80 Å². The number of carbonyl (C=O) groups excluding carboxylic acids is 1. The zero-order valence-corrected chi connectivity index (χ0v) is 38.8. The molecule has 0 fully saturated rings. The van der Waals surface area contributed by atoms with E-state index in [1.807, 2.05) is 30.3 Å². The van der Waals surface area contributed by atoms with Crippen molar-refractivity contribution in [2.24, 2.45) is 0 Å². The van der Waals surface area contributed by atoms with E-state index in [1.165, 1.54) is 44.5 Å². The summed E-state index contributed by atoms with van der Waals surface area (Å²) >= 11 is 0. The molecule has 0 spiro atoms. The molecule has 2 atom stereocenters. The van der Waals surface area contributed by atoms with Crippen LogP contribution in [0.4, 0.5) is 0 Å². The van der Waals surface area contributed by atoms with E-state index in [2.05, 4.69) is 28.0 Å². The number of nitrogens with zero attached hydrogens (tertiary/aromatic N) is 2. The molecule has 4 aliphatic heterocycles. The largest absolute Gasteiger partial charge is 1.00 e. The number of ether oxygens (including phenoxy) is 9. The minimum absolute atomic E-state index is 0. The van der Waals surface area contributed by atoms with Crippen LogP contribution in [0, 0.1) is 0 Å². The van der Waals surface area contributed by atoms with Crippen molar-refractivity contribution in [3.05, 3.63) is 93.0 Å². The fourth-order valence-corrected chi connectivity index (χ4v) is 9.02. The van der Waals surface area contributed by atoms with Crippen LogP contribution in [0.25, 0.3) is 0 Å². The normalized spacial score (nSPS) is 16.8. The average molecular weight is 867 g/mol. The van der Waals surface area contributed by atoms with Gasteiger partial charge in [-0.25, -0.2) is 9.59 Å². The van der Waals surface area contributed by atoms with Gasteiger partial charge in [-0.15, -0.1) is 0 Å². The van der Waals surface area contributed by atoms with E-state index >= 15 is 0 Å². The zero-order chi connectivity index (χ0) is 42.5. The summed E-state index contributed by atoms with van der Waals surface area (Å²) in [6.07, 6.45) is 3.50. The van der Waals surface area contributed by atoms with E-state index in [9.17, 15) is 9.59 Å². The second kappa shape index (κ2) is 21.5. The van der Waals surface area contributed by atoms with E-state index in [0.29, 0.717) is 29.6 Å². The molecular formula is C46H55N2NaO13. The maximum Gasteiger partial charge on any atom is 1.00 e. The number of rotatable bonds is 13. The first-order chi connectivity index (χ1) is 29.1. The molecule has 15 nitrogen and oxygen atoms in total. The Morgan fingerprint density at radius 2 is 1.03 bits per heavy atom. The third kappa shape index (κ3) is 9.83. The van der Waals surface area contributed by atoms with Gasteiger partial charge in [-0.1, -0.05) is 12.1 Å². The van der Waals surface area contributed by atoms with Crippen LogP contribution >= 0.6 is 0 Å². The van der Waals surface area contributed by atoms with Gasteiger partial charge in [0.2, 0.25) is 0 Å². The maximum atomic E-state index is 11.7. The molecule has 4 heterocycles. The average Bonchev–Trinajstić information content (AvgIpc) is 3.27. The molecule has 0 saturated carbocycles. The fourth-order valence-electron chi connectivity index (χ4n) is 9.02. The molecule has 328 valence electrons. The molecule has 62 heavy (non-hydrogen) atoms. The van der Waals surface area contributed by atoms with E-state index < -0.39 is 5.97 Å². The first kappa shape index (κ1) is 48.1. The van der Waals surface area contributed by atoms with Gasteiger partial charge in [0.05, 0.1) is 49.3 Å². The summed E-state index contributed by atoms with van der Waals surface area (Å²) in [7, 11) is 9.89. The van der Waals surface area contributed by atoms with Crippen molar-refractivity contribution in [3.8, 4) is 46.0 Å². The van der Waals surface area contributed by atoms with Crippen LogP contribution in [-0.2, 0) is 53.1 Å². The third-order valence-corrected chi connectivity index (χ3v) is 11.8. The van der Waals surface area contributed by atoms with Gasteiger partial charge < -0.3 is 53.2 Å². The summed E-state index contributed by atoms with van der Waals surface area (Å²) in [5, 5.41) is 8.91. The van der Waals surface area contributed by atoms with Crippen LogP contribution in [0.15, 0.2) is 48.5 Å². The summed E-state index contributed by atoms with van der Waals surface area (Å²) in [4.78, 5) is 27.5. The molecule has 2 N–H and O–H groups in total. The van der Waals surface area contributed by atoms with Crippen LogP contribution in [0.2, 0.25) is 0 Å². The Morgan fingerprint density at radius 1 is 0.597 bits per heavy atom. The number of fused-ring (bicyclic) bond motifs is 8. The molecule has 0 aromatic heterocycles. The minimum Gasteiger partial charge on any atom is -0.870 e. The molecule has 4 aromatic rings. The number of hydrogen-bond donors (Lipinski definition) is 1. The molecule has 0 unspecified atom stereocenters. The zero-order valence-electron chi connectivity index (χ0n) is 36.8. The molecule has 0 saturated heterocycles. The number of esters is 1. The predicted octanol–water partition coefficient (Wildman–Crippen LogP) is 2.97. The number of hydrogen-bond acceptors (Lipinski definition) is 14. The molecule has 0 aliphatic carbocycles. The van der Waals surface area contributed by atoms with Crippen molar-refractivity contribution in [1.29, 1.82) is 0 Å². The van der Waals surface area contributed by atoms with E-state index in [4.69, 9.17) is 47.7 Å². The predicted molar refractivity (Wildman–Crippen MR) is 223 cm³/mol. The van der Waals surface area contributed by atoms with Gasteiger partial charge in [0, 0.05) is 49.4 Å². The third-order valence-electron chi connectivity index (χ3n) is 11.8. The van der Waals surface area contributed by atoms with Gasteiger partial charge >= 0.3 is 41.5 Å². The van der Waals surface area contributed by atoms with Gasteiger partial charge in [0.1, 0.15) is 0 Å². The topological polar surface area (TPSA) is 174 Å². The second-order valence-corrected chi connectivity index (χ2v) is 14.9. The number of aliphatic carboxylic acids is 1. The van der Waals surface area contributed by atoms with Crippen LogP contribution in [0.1, 0.15) is 63.5 Å². The molecule has 0 bridgehead atoms. The molecule has 0 amide bonds. The van der Waals surface area contributed by atoms with E-state index in [1.54, 1.807) is 49.6 Å². The summed E-state index contributed by atoms with van der Waals surface area (Å²) in [6.45, 7) is 5.02. The van der Waals surface area contributed by atoms with Crippen molar-refractivity contribution >= 4 is 11.9 Å². The molecule has 4 aromatic carbocycles. The molecule has 8 rings (SSSR count). The van der Waals surface area contributed by atoms with Crippen LogP contribution < -0.4 is 67.5 Å². The second-order valence-electron chi connectivity index (χ2n) is 14.9. The number of methoxy groups -OCH3 is 6. The van der Waals surface area contributed by atoms with Gasteiger partial charge in [0.15, 0.2) is 59.2 Å². The summed E-state index contributed by atoms with van der Waals surface area (Å²) < 4.78 is 49.4. The first-order valence-electron chi connectivity index (χ1n) is 20.1. The summed E-state index contributed by atoms with van der Waals surface area (Å²) in [6, 6.07) is 16.7. The maximum absolute atomic E-state index is 11.7. The molecule has 0 radical (unpaired) electrons. The van der Waals surface area contributed by atoms with E-state index in [0.717, 1.165) is 74.9 Å². The van der Waals surface area contributed by atoms with Crippen molar-refractivity contribution in [2.75, 3.05) is 75.6 Å². The SMILES string of the molecule is CCOC(=O)COc1cc2c(cc1OC)[C@H]1Cc3ccc(OC)c(OC)c3CN1CC2.COc1cc2c(cc1OCC(=O)O)CCN1Cc3c(ccc(OC)c3OC)C[C@H]21.[Na+].[OH-]. The summed E-state index contributed by atoms with van der Waals surface area (Å²) in [5.74, 6) is 3.99. The van der Waals surface area contributed by atoms with Crippen molar-refractivity contribution in [3.63, 3.8) is 0 Å². The van der Waals surface area contributed by atoms with Gasteiger partial charge in [-0.05, 0) is 102 Å². The van der Waals surface area contributed by atoms with Crippen LogP contribution in [-0.4, -0.2) is 108 Å². The smallest absolute Gasteiger partial charge is 0.870 e. The van der Waals surface area contributed by atoms with Gasteiger partial charge in [-0.3, -0.25) is 9.80 Å². The molecular weight excluding hydrogens is 811 g/mol. The Kier molecular flexibility index (Phi) is 16.7. The fraction of sp³-hybridized carbons (Fsp3) is 0.435. The Morgan fingerprint density at radius 3 is 1.42 bits per heavy atom. The number of carboxylic acid groups (broad SMARTS) is 1. The van der Waals surface area contributed by atoms with Gasteiger partial charge in [0.25, 0.3) is 0 Å². The first-order valence-corrected chi connectivity index (χ1v) is 20.1. The van der Waals surface area contributed by atoms with Crippen LogP contribution in [0.5, 0.6) is 46.0 Å². The minimum atomic E-state index is -1.01. The number of carboxylic acids is 1.